The van der Waals surface area contributed by atoms with Crippen LogP contribution >= 0.6 is 11.8 Å². The van der Waals surface area contributed by atoms with Crippen molar-refractivity contribution in [3.8, 4) is 0 Å². The number of rotatable bonds is 1. The van der Waals surface area contributed by atoms with E-state index in [2.05, 4.69) is 11.2 Å². The number of aromatic nitrogens is 2. The molecule has 0 saturated carbocycles. The lowest BCUT2D eigenvalue weighted by molar-refractivity contribution is 0.849. The molecule has 0 saturated heterocycles. The molecule has 0 amide bonds. The van der Waals surface area contributed by atoms with Crippen molar-refractivity contribution < 1.29 is 0 Å². The van der Waals surface area contributed by atoms with Gasteiger partial charge in [-0.15, -0.1) is 0 Å². The van der Waals surface area contributed by atoms with Gasteiger partial charge in [0.15, 0.2) is 0 Å². The van der Waals surface area contributed by atoms with E-state index in [1.54, 1.807) is 12.3 Å². The molecule has 4 heteroatoms. The van der Waals surface area contributed by atoms with Gasteiger partial charge in [0.05, 0.1) is 0 Å². The highest BCUT2D eigenvalue weighted by molar-refractivity contribution is 7.99. The van der Waals surface area contributed by atoms with Gasteiger partial charge in [-0.1, -0.05) is 6.08 Å². The Morgan fingerprint density at radius 3 is 3.08 bits per heavy atom. The maximum Gasteiger partial charge on any atom is 0.264 e. The van der Waals surface area contributed by atoms with E-state index in [9.17, 15) is 4.79 Å². The van der Waals surface area contributed by atoms with Gasteiger partial charge in [0.1, 0.15) is 0 Å². The molecule has 0 spiro atoms. The summed E-state index contributed by atoms with van der Waals surface area (Å²) in [6.45, 7) is 0. The average Bonchev–Trinajstić information content (AvgIpc) is 2.54. The highest BCUT2D eigenvalue weighted by atomic mass is 32.2. The number of aromatic amines is 1. The topological polar surface area (TPSA) is 37.8 Å². The first-order chi connectivity index (χ1) is 5.86. The van der Waals surface area contributed by atoms with Crippen molar-refractivity contribution in [3.63, 3.8) is 0 Å². The summed E-state index contributed by atoms with van der Waals surface area (Å²) < 4.78 is 1.81. The van der Waals surface area contributed by atoms with Crippen LogP contribution in [0.1, 0.15) is 6.42 Å². The van der Waals surface area contributed by atoms with Gasteiger partial charge in [-0.2, -0.15) is 11.8 Å². The van der Waals surface area contributed by atoms with E-state index in [0.717, 1.165) is 17.9 Å². The Morgan fingerprint density at radius 1 is 1.58 bits per heavy atom. The number of H-pyrrole nitrogens is 1. The van der Waals surface area contributed by atoms with Crippen LogP contribution in [0.3, 0.4) is 0 Å². The molecule has 64 valence electrons. The van der Waals surface area contributed by atoms with Crippen LogP contribution < -0.4 is 5.56 Å². The highest BCUT2D eigenvalue weighted by Crippen LogP contribution is 2.19. The summed E-state index contributed by atoms with van der Waals surface area (Å²) in [5.41, 5.74) is 1.17. The van der Waals surface area contributed by atoms with E-state index in [1.807, 2.05) is 16.4 Å². The van der Waals surface area contributed by atoms with Crippen LogP contribution in [0.4, 0.5) is 0 Å². The third kappa shape index (κ3) is 1.48. The summed E-state index contributed by atoms with van der Waals surface area (Å²) >= 11 is 1.92. The normalized spacial score (nSPS) is 17.5. The van der Waals surface area contributed by atoms with Gasteiger partial charge in [0.2, 0.25) is 0 Å². The van der Waals surface area contributed by atoms with E-state index in [-0.39, 0.29) is 5.56 Å². The van der Waals surface area contributed by atoms with Gasteiger partial charge in [0, 0.05) is 23.7 Å². The standard InChI is InChI=1S/C8H10N2OS/c11-8-1-4-10(9-8)7-2-5-12-6-3-7/h1-2,4H,3,5-6H2,(H,9,11). The van der Waals surface area contributed by atoms with Gasteiger partial charge in [-0.25, -0.2) is 0 Å². The zero-order valence-electron chi connectivity index (χ0n) is 6.62. The second kappa shape index (κ2) is 3.23. The Balaban J connectivity index is 2.29. The fourth-order valence-corrected chi connectivity index (χ4v) is 2.07. The van der Waals surface area contributed by atoms with Crippen molar-refractivity contribution in [2.45, 2.75) is 6.42 Å². The molecule has 3 nitrogen and oxygen atoms in total. The predicted molar refractivity (Wildman–Crippen MR) is 51.3 cm³/mol. The number of hydrogen-bond acceptors (Lipinski definition) is 2. The Morgan fingerprint density at radius 2 is 2.50 bits per heavy atom. The molecule has 0 radical (unpaired) electrons. The van der Waals surface area contributed by atoms with Crippen LogP contribution in [0.2, 0.25) is 0 Å². The molecule has 0 atom stereocenters. The first-order valence-electron chi connectivity index (χ1n) is 3.91. The fraction of sp³-hybridized carbons (Fsp3) is 0.375. The van der Waals surface area contributed by atoms with Crippen molar-refractivity contribution in [2.24, 2.45) is 0 Å². The molecule has 1 N–H and O–H groups in total. The van der Waals surface area contributed by atoms with Crippen LogP contribution in [0.15, 0.2) is 23.1 Å². The minimum Gasteiger partial charge on any atom is -0.268 e. The van der Waals surface area contributed by atoms with Gasteiger partial charge in [-0.3, -0.25) is 14.6 Å². The lowest BCUT2D eigenvalue weighted by Crippen LogP contribution is -2.07. The second-order valence-corrected chi connectivity index (χ2v) is 3.83. The van der Waals surface area contributed by atoms with Gasteiger partial charge in [-0.05, 0) is 12.2 Å². The summed E-state index contributed by atoms with van der Waals surface area (Å²) in [7, 11) is 0. The van der Waals surface area contributed by atoms with Gasteiger partial charge >= 0.3 is 0 Å². The Bertz CT molecular complexity index is 350. The quantitative estimate of drug-likeness (QED) is 0.707. The molecular weight excluding hydrogens is 172 g/mol. The molecule has 1 aromatic heterocycles. The average molecular weight is 182 g/mol. The molecule has 1 aliphatic heterocycles. The Kier molecular flexibility index (Phi) is 2.08. The molecule has 0 aromatic carbocycles. The van der Waals surface area contributed by atoms with Crippen LogP contribution in [0.25, 0.3) is 5.70 Å². The predicted octanol–water partition coefficient (Wildman–Crippen LogP) is 1.15. The lowest BCUT2D eigenvalue weighted by atomic mass is 10.3. The SMILES string of the molecule is O=c1ccn(C2=CCSCC2)[nH]1. The van der Waals surface area contributed by atoms with Gasteiger partial charge < -0.3 is 0 Å². The van der Waals surface area contributed by atoms with Crippen molar-refractivity contribution >= 4 is 17.5 Å². The van der Waals surface area contributed by atoms with Crippen molar-refractivity contribution in [3.05, 3.63) is 28.7 Å². The number of nitrogens with one attached hydrogen (secondary N) is 1. The summed E-state index contributed by atoms with van der Waals surface area (Å²) in [4.78, 5) is 10.8. The summed E-state index contributed by atoms with van der Waals surface area (Å²) in [6.07, 6.45) is 4.98. The molecule has 2 rings (SSSR count). The third-order valence-corrected chi connectivity index (χ3v) is 2.75. The third-order valence-electron chi connectivity index (χ3n) is 1.85. The number of hydrogen-bond donors (Lipinski definition) is 1. The fourth-order valence-electron chi connectivity index (χ4n) is 1.24. The van der Waals surface area contributed by atoms with Crippen molar-refractivity contribution in [2.75, 3.05) is 11.5 Å². The molecule has 12 heavy (non-hydrogen) atoms. The molecule has 0 unspecified atom stereocenters. The lowest BCUT2D eigenvalue weighted by Gasteiger charge is -2.12. The molecule has 2 heterocycles. The highest BCUT2D eigenvalue weighted by Gasteiger charge is 2.04. The second-order valence-electron chi connectivity index (χ2n) is 2.68. The molecule has 0 fully saturated rings. The van der Waals surface area contributed by atoms with Crippen LogP contribution in [0, 0.1) is 0 Å². The van der Waals surface area contributed by atoms with E-state index in [1.165, 1.54) is 5.70 Å². The van der Waals surface area contributed by atoms with Crippen molar-refractivity contribution in [1.82, 2.24) is 9.78 Å². The Labute approximate surface area is 74.5 Å². The minimum absolute atomic E-state index is 0.0332. The smallest absolute Gasteiger partial charge is 0.264 e. The van der Waals surface area contributed by atoms with Crippen LogP contribution in [-0.2, 0) is 0 Å². The summed E-state index contributed by atoms with van der Waals surface area (Å²) in [6, 6.07) is 1.54. The van der Waals surface area contributed by atoms with Crippen LogP contribution in [-0.4, -0.2) is 21.3 Å². The summed E-state index contributed by atoms with van der Waals surface area (Å²) in [5, 5.41) is 2.73. The molecule has 1 aromatic rings. The number of allylic oxidation sites excluding steroid dienone is 1. The van der Waals surface area contributed by atoms with Crippen molar-refractivity contribution in [1.29, 1.82) is 0 Å². The number of nitrogens with zero attached hydrogens (tertiary/aromatic N) is 1. The zero-order valence-corrected chi connectivity index (χ0v) is 7.43. The van der Waals surface area contributed by atoms with E-state index in [4.69, 9.17) is 0 Å². The van der Waals surface area contributed by atoms with Crippen LogP contribution in [0.5, 0.6) is 0 Å². The van der Waals surface area contributed by atoms with Gasteiger partial charge in [0.25, 0.3) is 5.56 Å². The molecular formula is C8H10N2OS. The molecule has 1 aliphatic rings. The van der Waals surface area contributed by atoms with E-state index < -0.39 is 0 Å². The first kappa shape index (κ1) is 7.73. The van der Waals surface area contributed by atoms with E-state index in [0.29, 0.717) is 0 Å². The number of thioether (sulfide) groups is 1. The maximum atomic E-state index is 10.8. The molecule has 0 aliphatic carbocycles. The molecule has 0 bridgehead atoms. The maximum absolute atomic E-state index is 10.8. The largest absolute Gasteiger partial charge is 0.268 e. The Hall–Kier alpha value is -0.900. The summed E-state index contributed by atoms with van der Waals surface area (Å²) in [5.74, 6) is 2.20. The first-order valence-corrected chi connectivity index (χ1v) is 5.06. The minimum atomic E-state index is -0.0332. The monoisotopic (exact) mass is 182 g/mol. The van der Waals surface area contributed by atoms with E-state index >= 15 is 0 Å². The zero-order chi connectivity index (χ0) is 8.39.